The molecule has 3 rings (SSSR count). The number of carboxylic acid groups (broad SMARTS) is 1. The fourth-order valence-electron chi connectivity index (χ4n) is 3.03. The summed E-state index contributed by atoms with van der Waals surface area (Å²) in [5, 5.41) is 11.5. The molecule has 0 aliphatic carbocycles. The number of anilines is 1. The van der Waals surface area contributed by atoms with Gasteiger partial charge in [0.2, 0.25) is 5.91 Å². The number of amides is 1. The van der Waals surface area contributed by atoms with Gasteiger partial charge in [0, 0.05) is 5.69 Å². The molecule has 0 bridgehead atoms. The summed E-state index contributed by atoms with van der Waals surface area (Å²) in [6.07, 6.45) is 0.872. The number of fused-ring (bicyclic) bond motifs is 1. The van der Waals surface area contributed by atoms with Crippen molar-refractivity contribution in [2.24, 2.45) is 0 Å². The summed E-state index contributed by atoms with van der Waals surface area (Å²) >= 11 is 0. The zero-order valence-electron chi connectivity index (χ0n) is 14.5. The Kier molecular flexibility index (Phi) is 5.53. The second kappa shape index (κ2) is 8.01. The van der Waals surface area contributed by atoms with Crippen LogP contribution in [0.25, 0.3) is 0 Å². The first-order valence-corrected chi connectivity index (χ1v) is 8.47. The summed E-state index contributed by atoms with van der Waals surface area (Å²) in [4.78, 5) is 23.0. The maximum absolute atomic E-state index is 12.4. The van der Waals surface area contributed by atoms with Crippen LogP contribution in [0.3, 0.4) is 0 Å². The fraction of sp³-hybridized carbons (Fsp3) is 0.300. The maximum Gasteiger partial charge on any atom is 0.341 e. The van der Waals surface area contributed by atoms with Crippen LogP contribution >= 0.6 is 0 Å². The topological polar surface area (TPSA) is 84.9 Å². The number of benzene rings is 2. The van der Waals surface area contributed by atoms with Crippen LogP contribution in [0.1, 0.15) is 29.2 Å². The van der Waals surface area contributed by atoms with E-state index in [1.54, 1.807) is 18.2 Å². The molecule has 0 radical (unpaired) electrons. The molecular formula is C20H21NO5. The smallest absolute Gasteiger partial charge is 0.341 e. The normalized spacial score (nSPS) is 15.8. The first kappa shape index (κ1) is 17.9. The van der Waals surface area contributed by atoms with Gasteiger partial charge in [-0.15, -0.1) is 0 Å². The van der Waals surface area contributed by atoms with Crippen molar-refractivity contribution in [1.29, 1.82) is 0 Å². The molecular weight excluding hydrogens is 334 g/mol. The zero-order valence-corrected chi connectivity index (χ0v) is 14.5. The minimum Gasteiger partial charge on any atom is -0.482 e. The van der Waals surface area contributed by atoms with Crippen molar-refractivity contribution in [2.75, 3.05) is 18.5 Å². The largest absolute Gasteiger partial charge is 0.482 e. The average molecular weight is 355 g/mol. The van der Waals surface area contributed by atoms with Crippen molar-refractivity contribution >= 4 is 17.6 Å². The van der Waals surface area contributed by atoms with Gasteiger partial charge < -0.3 is 19.9 Å². The van der Waals surface area contributed by atoms with E-state index in [-0.39, 0.29) is 18.4 Å². The third-order valence-corrected chi connectivity index (χ3v) is 4.30. The van der Waals surface area contributed by atoms with Crippen LogP contribution in [-0.4, -0.2) is 30.2 Å². The van der Waals surface area contributed by atoms with Crippen molar-refractivity contribution in [3.05, 3.63) is 59.2 Å². The summed E-state index contributed by atoms with van der Waals surface area (Å²) < 4.78 is 10.9. The number of hydrogen-bond donors (Lipinski definition) is 2. The van der Waals surface area contributed by atoms with Crippen molar-refractivity contribution in [1.82, 2.24) is 0 Å². The molecule has 1 heterocycles. The molecule has 1 aliphatic heterocycles. The third kappa shape index (κ3) is 4.40. The number of ether oxygens (including phenoxy) is 2. The van der Waals surface area contributed by atoms with E-state index in [1.165, 1.54) is 5.56 Å². The number of carbonyl (C=O) groups is 2. The monoisotopic (exact) mass is 355 g/mol. The Morgan fingerprint density at radius 3 is 2.85 bits per heavy atom. The molecule has 2 aromatic carbocycles. The van der Waals surface area contributed by atoms with Crippen LogP contribution in [0.2, 0.25) is 0 Å². The lowest BCUT2D eigenvalue weighted by atomic mass is 9.95. The van der Waals surface area contributed by atoms with Gasteiger partial charge >= 0.3 is 5.97 Å². The maximum atomic E-state index is 12.4. The molecule has 0 aromatic heterocycles. The molecule has 26 heavy (non-hydrogen) atoms. The lowest BCUT2D eigenvalue weighted by Crippen LogP contribution is -2.22. The Balaban J connectivity index is 1.63. The molecule has 1 amide bonds. The molecule has 0 fully saturated rings. The van der Waals surface area contributed by atoms with E-state index in [0.717, 1.165) is 17.5 Å². The van der Waals surface area contributed by atoms with Crippen LogP contribution in [0.5, 0.6) is 5.75 Å². The average Bonchev–Trinajstić information content (AvgIpc) is 2.62. The van der Waals surface area contributed by atoms with Crippen LogP contribution in [0.4, 0.5) is 5.69 Å². The number of rotatable bonds is 6. The third-order valence-electron chi connectivity index (χ3n) is 4.30. The molecule has 136 valence electrons. The van der Waals surface area contributed by atoms with Crippen molar-refractivity contribution in [3.63, 3.8) is 0 Å². The second-order valence-corrected chi connectivity index (χ2v) is 6.22. The zero-order chi connectivity index (χ0) is 18.5. The lowest BCUT2D eigenvalue weighted by molar-refractivity contribution is -0.139. The molecule has 1 aliphatic rings. The van der Waals surface area contributed by atoms with Gasteiger partial charge in [-0.1, -0.05) is 24.3 Å². The molecule has 6 heteroatoms. The number of aryl methyl sites for hydroxylation is 1. The summed E-state index contributed by atoms with van der Waals surface area (Å²) in [7, 11) is 0. The predicted octanol–water partition coefficient (Wildman–Crippen LogP) is 3.10. The van der Waals surface area contributed by atoms with E-state index in [0.29, 0.717) is 18.0 Å². The van der Waals surface area contributed by atoms with Crippen LogP contribution < -0.4 is 10.1 Å². The Labute approximate surface area is 151 Å². The lowest BCUT2D eigenvalue weighted by Gasteiger charge is -2.25. The predicted molar refractivity (Wildman–Crippen MR) is 96.4 cm³/mol. The van der Waals surface area contributed by atoms with Crippen molar-refractivity contribution < 1.29 is 24.2 Å². The highest BCUT2D eigenvalue weighted by Crippen LogP contribution is 2.30. The molecule has 2 N–H and O–H groups in total. The van der Waals surface area contributed by atoms with E-state index in [4.69, 9.17) is 14.6 Å². The number of aliphatic carboxylic acids is 1. The van der Waals surface area contributed by atoms with E-state index in [9.17, 15) is 9.59 Å². The standard InChI is InChI=1S/C20H21NO5/c1-13-10-15(26-12-20(23)24)6-7-17(13)21-19(22)11-18-16-5-3-2-4-14(16)8-9-25-18/h2-7,10,18H,8-9,11-12H2,1H3,(H,21,22)(H,23,24). The minimum atomic E-state index is -1.03. The highest BCUT2D eigenvalue weighted by Gasteiger charge is 2.23. The molecule has 0 saturated carbocycles. The minimum absolute atomic E-state index is 0.131. The quantitative estimate of drug-likeness (QED) is 0.832. The Bertz CT molecular complexity index is 818. The van der Waals surface area contributed by atoms with Crippen molar-refractivity contribution in [3.8, 4) is 5.75 Å². The molecule has 1 unspecified atom stereocenters. The van der Waals surface area contributed by atoms with E-state index in [1.807, 2.05) is 25.1 Å². The molecule has 2 aromatic rings. The van der Waals surface area contributed by atoms with Gasteiger partial charge in [-0.25, -0.2) is 4.79 Å². The summed E-state index contributed by atoms with van der Waals surface area (Å²) in [6.45, 7) is 2.04. The van der Waals surface area contributed by atoms with E-state index in [2.05, 4.69) is 11.4 Å². The number of carboxylic acids is 1. The van der Waals surface area contributed by atoms with Gasteiger partial charge in [0.05, 0.1) is 19.1 Å². The van der Waals surface area contributed by atoms with Gasteiger partial charge in [0.1, 0.15) is 5.75 Å². The first-order chi connectivity index (χ1) is 12.5. The van der Waals surface area contributed by atoms with Gasteiger partial charge in [-0.2, -0.15) is 0 Å². The Morgan fingerprint density at radius 2 is 2.08 bits per heavy atom. The molecule has 1 atom stereocenters. The molecule has 0 spiro atoms. The van der Waals surface area contributed by atoms with Gasteiger partial charge in [0.25, 0.3) is 0 Å². The number of hydrogen-bond acceptors (Lipinski definition) is 4. The van der Waals surface area contributed by atoms with E-state index >= 15 is 0 Å². The summed E-state index contributed by atoms with van der Waals surface area (Å²) in [5.41, 5.74) is 3.77. The number of carbonyl (C=O) groups excluding carboxylic acids is 1. The van der Waals surface area contributed by atoms with Gasteiger partial charge in [-0.3, -0.25) is 4.79 Å². The second-order valence-electron chi connectivity index (χ2n) is 6.22. The molecule has 0 saturated heterocycles. The highest BCUT2D eigenvalue weighted by atomic mass is 16.5. The van der Waals surface area contributed by atoms with Crippen LogP contribution in [-0.2, 0) is 20.7 Å². The SMILES string of the molecule is Cc1cc(OCC(=O)O)ccc1NC(=O)CC1OCCc2ccccc21. The highest BCUT2D eigenvalue weighted by molar-refractivity contribution is 5.92. The first-order valence-electron chi connectivity index (χ1n) is 8.47. The Morgan fingerprint density at radius 1 is 1.27 bits per heavy atom. The van der Waals surface area contributed by atoms with Gasteiger partial charge in [0.15, 0.2) is 6.61 Å². The Hall–Kier alpha value is -2.86. The fourth-order valence-corrected chi connectivity index (χ4v) is 3.03. The van der Waals surface area contributed by atoms with Crippen molar-refractivity contribution in [2.45, 2.75) is 25.9 Å². The van der Waals surface area contributed by atoms with E-state index < -0.39 is 12.6 Å². The molecule has 6 nitrogen and oxygen atoms in total. The van der Waals surface area contributed by atoms with Crippen LogP contribution in [0.15, 0.2) is 42.5 Å². The number of nitrogens with one attached hydrogen (secondary N) is 1. The van der Waals surface area contributed by atoms with Gasteiger partial charge in [-0.05, 0) is 48.2 Å². The van der Waals surface area contributed by atoms with Crippen LogP contribution in [0, 0.1) is 6.92 Å². The summed E-state index contributed by atoms with van der Waals surface area (Å²) in [5.74, 6) is -0.714. The summed E-state index contributed by atoms with van der Waals surface area (Å²) in [6, 6.07) is 13.1.